The minimum Gasteiger partial charge on any atom is -0.496 e. The summed E-state index contributed by atoms with van der Waals surface area (Å²) in [5.74, 6) is -0.272. The average molecular weight is 406 g/mol. The summed E-state index contributed by atoms with van der Waals surface area (Å²) in [5.41, 5.74) is 5.92. The van der Waals surface area contributed by atoms with Crippen molar-refractivity contribution in [3.8, 4) is 17.2 Å². The molecule has 9 heteroatoms. The number of rotatable bonds is 8. The zero-order valence-corrected chi connectivity index (χ0v) is 16.8. The average Bonchev–Trinajstić information content (AvgIpc) is 2.75. The number of ether oxygens (including phenoxy) is 4. The number of nitrogens with two attached hydrogens (primary N) is 1. The van der Waals surface area contributed by atoms with Gasteiger partial charge in [0.05, 0.1) is 21.3 Å². The van der Waals surface area contributed by atoms with Crippen molar-refractivity contribution in [2.45, 2.75) is 25.3 Å². The summed E-state index contributed by atoms with van der Waals surface area (Å²) in [4.78, 5) is 37.2. The number of primary amides is 1. The third-order valence-electron chi connectivity index (χ3n) is 4.62. The molecule has 1 aromatic rings. The highest BCUT2D eigenvalue weighted by Gasteiger charge is 2.30. The molecule has 1 fully saturated rings. The van der Waals surface area contributed by atoms with E-state index in [0.29, 0.717) is 35.8 Å². The maximum absolute atomic E-state index is 12.3. The lowest BCUT2D eigenvalue weighted by Crippen LogP contribution is -2.51. The molecule has 1 saturated heterocycles. The first-order valence-electron chi connectivity index (χ1n) is 9.14. The molecule has 0 aromatic heterocycles. The number of likely N-dealkylation sites (tertiary alicyclic amines) is 1. The second kappa shape index (κ2) is 10.4. The van der Waals surface area contributed by atoms with E-state index in [4.69, 9.17) is 24.7 Å². The smallest absolute Gasteiger partial charge is 0.331 e. The Balaban J connectivity index is 2.01. The number of carbonyl (C=O) groups is 3. The van der Waals surface area contributed by atoms with Crippen LogP contribution in [-0.4, -0.2) is 63.2 Å². The fourth-order valence-corrected chi connectivity index (χ4v) is 3.13. The largest absolute Gasteiger partial charge is 0.496 e. The van der Waals surface area contributed by atoms with Gasteiger partial charge in [-0.3, -0.25) is 9.59 Å². The standard InChI is InChI=1S/C20H26N2O7/c1-26-15-11-17(28-3)16(27-2)10-13(15)7-8-19(24)29-12-18(23)22-9-5-4-6-14(22)20(21)25/h7-8,10-11,14H,4-6,9,12H2,1-3H3,(H2,21,25)/b8-7+/t14-/m1/s1. The zero-order valence-electron chi connectivity index (χ0n) is 16.8. The van der Waals surface area contributed by atoms with E-state index < -0.39 is 30.4 Å². The van der Waals surface area contributed by atoms with Crippen molar-refractivity contribution < 1.29 is 33.3 Å². The van der Waals surface area contributed by atoms with Gasteiger partial charge in [-0.05, 0) is 31.4 Å². The van der Waals surface area contributed by atoms with E-state index in [1.54, 1.807) is 12.1 Å². The molecular formula is C20H26N2O7. The van der Waals surface area contributed by atoms with Gasteiger partial charge in [0.2, 0.25) is 5.91 Å². The summed E-state index contributed by atoms with van der Waals surface area (Å²) in [6.07, 6.45) is 4.79. The molecule has 0 aliphatic carbocycles. The van der Waals surface area contributed by atoms with Gasteiger partial charge >= 0.3 is 5.97 Å². The van der Waals surface area contributed by atoms with Crippen molar-refractivity contribution >= 4 is 23.9 Å². The molecule has 2 N–H and O–H groups in total. The number of benzene rings is 1. The van der Waals surface area contributed by atoms with Crippen LogP contribution in [0.1, 0.15) is 24.8 Å². The van der Waals surface area contributed by atoms with Crippen LogP contribution in [0.4, 0.5) is 0 Å². The molecule has 1 aliphatic heterocycles. The second-order valence-corrected chi connectivity index (χ2v) is 6.39. The number of piperidine rings is 1. The van der Waals surface area contributed by atoms with Gasteiger partial charge < -0.3 is 29.6 Å². The van der Waals surface area contributed by atoms with Crippen molar-refractivity contribution in [2.75, 3.05) is 34.5 Å². The van der Waals surface area contributed by atoms with Crippen molar-refractivity contribution in [3.63, 3.8) is 0 Å². The van der Waals surface area contributed by atoms with E-state index in [-0.39, 0.29) is 0 Å². The molecule has 1 aromatic carbocycles. The number of methoxy groups -OCH3 is 3. The Kier molecular flexibility index (Phi) is 7.88. The fourth-order valence-electron chi connectivity index (χ4n) is 3.13. The Hall–Kier alpha value is -3.23. The first kappa shape index (κ1) is 22.1. The van der Waals surface area contributed by atoms with E-state index in [1.807, 2.05) is 0 Å². The van der Waals surface area contributed by atoms with Crippen LogP contribution in [0.15, 0.2) is 18.2 Å². The van der Waals surface area contributed by atoms with Gasteiger partial charge in [0, 0.05) is 24.3 Å². The Morgan fingerprint density at radius 3 is 2.34 bits per heavy atom. The van der Waals surface area contributed by atoms with Crippen LogP contribution in [0.25, 0.3) is 6.08 Å². The van der Waals surface area contributed by atoms with E-state index in [1.165, 1.54) is 38.4 Å². The van der Waals surface area contributed by atoms with E-state index in [0.717, 1.165) is 12.8 Å². The van der Waals surface area contributed by atoms with Gasteiger partial charge in [0.25, 0.3) is 5.91 Å². The monoisotopic (exact) mass is 406 g/mol. The first-order valence-corrected chi connectivity index (χ1v) is 9.14. The van der Waals surface area contributed by atoms with Crippen LogP contribution in [0, 0.1) is 0 Å². The van der Waals surface area contributed by atoms with Crippen LogP contribution in [-0.2, 0) is 19.1 Å². The van der Waals surface area contributed by atoms with Crippen LogP contribution in [0.3, 0.4) is 0 Å². The van der Waals surface area contributed by atoms with Crippen LogP contribution >= 0.6 is 0 Å². The van der Waals surface area contributed by atoms with Gasteiger partial charge in [-0.25, -0.2) is 4.79 Å². The lowest BCUT2D eigenvalue weighted by Gasteiger charge is -2.33. The van der Waals surface area contributed by atoms with Crippen LogP contribution in [0.2, 0.25) is 0 Å². The summed E-state index contributed by atoms with van der Waals surface area (Å²) in [6.45, 7) is -0.0430. The number of hydrogen-bond donors (Lipinski definition) is 1. The Morgan fingerprint density at radius 1 is 1.07 bits per heavy atom. The molecule has 2 amide bonds. The summed E-state index contributed by atoms with van der Waals surface area (Å²) in [7, 11) is 4.49. The molecular weight excluding hydrogens is 380 g/mol. The normalized spacial score (nSPS) is 16.4. The summed E-state index contributed by atoms with van der Waals surface area (Å²) >= 11 is 0. The zero-order chi connectivity index (χ0) is 21.4. The van der Waals surface area contributed by atoms with Crippen molar-refractivity contribution in [2.24, 2.45) is 5.73 Å². The quantitative estimate of drug-likeness (QED) is 0.508. The Bertz CT molecular complexity index is 791. The highest BCUT2D eigenvalue weighted by Crippen LogP contribution is 2.35. The lowest BCUT2D eigenvalue weighted by atomic mass is 10.0. The maximum Gasteiger partial charge on any atom is 0.331 e. The second-order valence-electron chi connectivity index (χ2n) is 6.39. The Morgan fingerprint density at radius 2 is 1.72 bits per heavy atom. The topological polar surface area (TPSA) is 117 Å². The molecule has 158 valence electrons. The minimum atomic E-state index is -0.706. The van der Waals surface area contributed by atoms with Gasteiger partial charge in [-0.1, -0.05) is 0 Å². The van der Waals surface area contributed by atoms with Gasteiger partial charge in [0.15, 0.2) is 18.1 Å². The van der Waals surface area contributed by atoms with Crippen molar-refractivity contribution in [3.05, 3.63) is 23.8 Å². The molecule has 0 saturated carbocycles. The van der Waals surface area contributed by atoms with Gasteiger partial charge in [-0.2, -0.15) is 0 Å². The fraction of sp³-hybridized carbons (Fsp3) is 0.450. The van der Waals surface area contributed by atoms with Crippen molar-refractivity contribution in [1.82, 2.24) is 4.90 Å². The molecule has 0 spiro atoms. The molecule has 0 radical (unpaired) electrons. The Labute approximate surface area is 169 Å². The van der Waals surface area contributed by atoms with Crippen LogP contribution < -0.4 is 19.9 Å². The molecule has 1 heterocycles. The predicted molar refractivity (Wildman–Crippen MR) is 105 cm³/mol. The molecule has 2 rings (SSSR count). The summed E-state index contributed by atoms with van der Waals surface area (Å²) < 4.78 is 20.8. The third kappa shape index (κ3) is 5.63. The molecule has 29 heavy (non-hydrogen) atoms. The molecule has 1 atom stereocenters. The SMILES string of the molecule is COc1cc(OC)c(OC)cc1/C=C/C(=O)OCC(=O)N1CCCC[C@@H]1C(N)=O. The number of esters is 1. The predicted octanol–water partition coefficient (Wildman–Crippen LogP) is 1.14. The number of carbonyl (C=O) groups excluding carboxylic acids is 3. The lowest BCUT2D eigenvalue weighted by molar-refractivity contribution is -0.151. The molecule has 0 unspecified atom stereocenters. The van der Waals surface area contributed by atoms with E-state index in [2.05, 4.69) is 0 Å². The third-order valence-corrected chi connectivity index (χ3v) is 4.62. The molecule has 0 bridgehead atoms. The number of amides is 2. The molecule has 1 aliphatic rings. The summed E-state index contributed by atoms with van der Waals surface area (Å²) in [6, 6.07) is 2.63. The van der Waals surface area contributed by atoms with Crippen LogP contribution in [0.5, 0.6) is 17.2 Å². The number of nitrogens with zero attached hydrogens (tertiary/aromatic N) is 1. The minimum absolute atomic E-state index is 0.419. The van der Waals surface area contributed by atoms with E-state index in [9.17, 15) is 14.4 Å². The van der Waals surface area contributed by atoms with E-state index >= 15 is 0 Å². The summed E-state index contributed by atoms with van der Waals surface area (Å²) in [5, 5.41) is 0. The van der Waals surface area contributed by atoms with Gasteiger partial charge in [0.1, 0.15) is 11.8 Å². The maximum atomic E-state index is 12.3. The van der Waals surface area contributed by atoms with Crippen molar-refractivity contribution in [1.29, 1.82) is 0 Å². The highest BCUT2D eigenvalue weighted by atomic mass is 16.5. The first-order chi connectivity index (χ1) is 13.9. The van der Waals surface area contributed by atoms with Gasteiger partial charge in [-0.15, -0.1) is 0 Å². The molecule has 9 nitrogen and oxygen atoms in total. The highest BCUT2D eigenvalue weighted by molar-refractivity contribution is 5.91. The number of hydrogen-bond acceptors (Lipinski definition) is 7.